The zero-order valence-corrected chi connectivity index (χ0v) is 15.8. The van der Waals surface area contributed by atoms with Crippen molar-refractivity contribution in [3.63, 3.8) is 0 Å². The van der Waals surface area contributed by atoms with E-state index in [1.165, 1.54) is 35.0 Å². The zero-order chi connectivity index (χ0) is 19.1. The number of benzene rings is 2. The molecule has 0 radical (unpaired) electrons. The Balaban J connectivity index is 1.78. The molecule has 2 rings (SSSR count). The number of carbonyl (C=O) groups is 1. The summed E-state index contributed by atoms with van der Waals surface area (Å²) in [5.41, 5.74) is 8.10. The number of nitro benzene ring substituents is 1. The Hall–Kier alpha value is -2.67. The molecule has 6 nitrogen and oxygen atoms in total. The number of hydrogen-bond acceptors (Lipinski definition) is 5. The predicted octanol–water partition coefficient (Wildman–Crippen LogP) is 3.90. The van der Waals surface area contributed by atoms with E-state index < -0.39 is 4.92 Å². The van der Waals surface area contributed by atoms with Gasteiger partial charge in [0, 0.05) is 17.9 Å². The molecule has 0 fully saturated rings. The van der Waals surface area contributed by atoms with E-state index in [0.29, 0.717) is 5.75 Å². The first-order valence-electron chi connectivity index (χ1n) is 8.08. The lowest BCUT2D eigenvalue weighted by atomic mass is 10.00. The highest BCUT2D eigenvalue weighted by Gasteiger charge is 2.05. The molecule has 0 heterocycles. The number of hydrogen-bond donors (Lipinski definition) is 1. The lowest BCUT2D eigenvalue weighted by molar-refractivity contribution is -0.384. The van der Waals surface area contributed by atoms with Gasteiger partial charge < -0.3 is 0 Å². The molecule has 2 aromatic carbocycles. The number of rotatable bonds is 7. The standard InChI is InChI=1S/C19H21N3O3S/c1-13-4-7-17(15(3)14(13)2)10-20-21-19(23)12-26-11-16-5-8-18(9-6-16)22(24)25/h4-10H,11-12H2,1-3H3,(H,21,23)/b20-10-. The van der Waals surface area contributed by atoms with Crippen LogP contribution in [0.25, 0.3) is 0 Å². The Morgan fingerprint density at radius 3 is 2.50 bits per heavy atom. The smallest absolute Gasteiger partial charge is 0.269 e. The third-order valence-electron chi connectivity index (χ3n) is 4.14. The van der Waals surface area contributed by atoms with Crippen molar-refractivity contribution in [1.29, 1.82) is 0 Å². The lowest BCUT2D eigenvalue weighted by Crippen LogP contribution is -2.19. The maximum atomic E-state index is 11.8. The van der Waals surface area contributed by atoms with Crippen LogP contribution in [0.15, 0.2) is 41.5 Å². The van der Waals surface area contributed by atoms with E-state index >= 15 is 0 Å². The van der Waals surface area contributed by atoms with Gasteiger partial charge in [-0.05, 0) is 48.6 Å². The van der Waals surface area contributed by atoms with Crippen molar-refractivity contribution in [1.82, 2.24) is 5.43 Å². The minimum Gasteiger partial charge on any atom is -0.272 e. The van der Waals surface area contributed by atoms with Gasteiger partial charge in [0.1, 0.15) is 0 Å². The van der Waals surface area contributed by atoms with Crippen molar-refractivity contribution >= 4 is 29.6 Å². The number of carbonyl (C=O) groups excluding carboxylic acids is 1. The van der Waals surface area contributed by atoms with Gasteiger partial charge in [0.05, 0.1) is 16.9 Å². The maximum absolute atomic E-state index is 11.8. The third kappa shape index (κ3) is 5.42. The summed E-state index contributed by atoms with van der Waals surface area (Å²) in [4.78, 5) is 22.0. The van der Waals surface area contributed by atoms with E-state index in [4.69, 9.17) is 0 Å². The number of nitrogens with one attached hydrogen (secondary N) is 1. The average molecular weight is 371 g/mol. The Morgan fingerprint density at radius 2 is 1.85 bits per heavy atom. The van der Waals surface area contributed by atoms with Crippen LogP contribution in [0.2, 0.25) is 0 Å². The van der Waals surface area contributed by atoms with Crippen LogP contribution in [0, 0.1) is 30.9 Å². The molecule has 0 aliphatic heterocycles. The number of nitro groups is 1. The minimum absolute atomic E-state index is 0.0625. The first-order valence-corrected chi connectivity index (χ1v) is 9.23. The van der Waals surface area contributed by atoms with Gasteiger partial charge in [0.15, 0.2) is 0 Å². The Kier molecular flexibility index (Phi) is 6.91. The van der Waals surface area contributed by atoms with E-state index in [0.717, 1.165) is 16.7 Å². The molecular weight excluding hydrogens is 350 g/mol. The van der Waals surface area contributed by atoms with Gasteiger partial charge in [-0.1, -0.05) is 24.3 Å². The van der Waals surface area contributed by atoms with Crippen LogP contribution in [-0.4, -0.2) is 22.8 Å². The van der Waals surface area contributed by atoms with Gasteiger partial charge in [0.2, 0.25) is 5.91 Å². The van der Waals surface area contributed by atoms with E-state index in [1.54, 1.807) is 18.3 Å². The number of aryl methyl sites for hydroxylation is 1. The molecule has 2 aromatic rings. The molecule has 0 spiro atoms. The van der Waals surface area contributed by atoms with Crippen molar-refractivity contribution < 1.29 is 9.72 Å². The van der Waals surface area contributed by atoms with Crippen LogP contribution < -0.4 is 5.43 Å². The molecule has 1 amide bonds. The van der Waals surface area contributed by atoms with Gasteiger partial charge in [-0.3, -0.25) is 14.9 Å². The van der Waals surface area contributed by atoms with E-state index in [-0.39, 0.29) is 17.3 Å². The molecule has 1 N–H and O–H groups in total. The summed E-state index contributed by atoms with van der Waals surface area (Å²) in [5, 5.41) is 14.6. The molecule has 7 heteroatoms. The van der Waals surface area contributed by atoms with E-state index in [9.17, 15) is 14.9 Å². The van der Waals surface area contributed by atoms with Crippen molar-refractivity contribution in [2.45, 2.75) is 26.5 Å². The van der Waals surface area contributed by atoms with Gasteiger partial charge in [-0.2, -0.15) is 5.10 Å². The summed E-state index contributed by atoms with van der Waals surface area (Å²) in [6, 6.07) is 10.3. The molecule has 0 aliphatic carbocycles. The SMILES string of the molecule is Cc1ccc(/C=N\NC(=O)CSCc2ccc([N+](=O)[O-])cc2)c(C)c1C. The molecule has 0 saturated heterocycles. The largest absolute Gasteiger partial charge is 0.272 e. The number of thioether (sulfide) groups is 1. The summed E-state index contributed by atoms with van der Waals surface area (Å²) in [5.74, 6) is 0.681. The van der Waals surface area contributed by atoms with Crippen molar-refractivity contribution in [2.75, 3.05) is 5.75 Å². The number of non-ortho nitro benzene ring substituents is 1. The molecule has 26 heavy (non-hydrogen) atoms. The highest BCUT2D eigenvalue weighted by molar-refractivity contribution is 7.99. The molecule has 0 aromatic heterocycles. The number of amides is 1. The van der Waals surface area contributed by atoms with E-state index in [1.807, 2.05) is 19.1 Å². The lowest BCUT2D eigenvalue weighted by Gasteiger charge is -2.07. The monoisotopic (exact) mass is 371 g/mol. The summed E-state index contributed by atoms with van der Waals surface area (Å²) in [6.45, 7) is 6.16. The molecule has 136 valence electrons. The highest BCUT2D eigenvalue weighted by atomic mass is 32.2. The predicted molar refractivity (Wildman–Crippen MR) is 106 cm³/mol. The van der Waals surface area contributed by atoms with Crippen LogP contribution in [-0.2, 0) is 10.5 Å². The Labute approximate surface area is 156 Å². The summed E-state index contributed by atoms with van der Waals surface area (Å²) in [7, 11) is 0. The number of nitrogens with zero attached hydrogens (tertiary/aromatic N) is 2. The highest BCUT2D eigenvalue weighted by Crippen LogP contribution is 2.17. The fourth-order valence-corrected chi connectivity index (χ4v) is 3.08. The molecule has 0 saturated carbocycles. The van der Waals surface area contributed by atoms with Gasteiger partial charge in [-0.15, -0.1) is 11.8 Å². The van der Waals surface area contributed by atoms with Gasteiger partial charge >= 0.3 is 0 Å². The van der Waals surface area contributed by atoms with Crippen LogP contribution in [0.5, 0.6) is 0 Å². The Bertz CT molecular complexity index is 833. The topological polar surface area (TPSA) is 84.6 Å². The quantitative estimate of drug-likeness (QED) is 0.454. The van der Waals surface area contributed by atoms with Crippen molar-refractivity contribution in [2.24, 2.45) is 5.10 Å². The second kappa shape index (κ2) is 9.15. The molecular formula is C19H21N3O3S. The molecule has 0 bridgehead atoms. The van der Waals surface area contributed by atoms with Gasteiger partial charge in [0.25, 0.3) is 5.69 Å². The second-order valence-corrected chi connectivity index (χ2v) is 6.92. The first kappa shape index (κ1) is 19.7. The van der Waals surface area contributed by atoms with Crippen molar-refractivity contribution in [3.8, 4) is 0 Å². The van der Waals surface area contributed by atoms with Crippen LogP contribution in [0.1, 0.15) is 27.8 Å². The molecule has 0 atom stereocenters. The minimum atomic E-state index is -0.431. The first-order chi connectivity index (χ1) is 12.4. The molecule has 0 unspecified atom stereocenters. The fourth-order valence-electron chi connectivity index (χ4n) is 2.30. The maximum Gasteiger partial charge on any atom is 0.269 e. The summed E-state index contributed by atoms with van der Waals surface area (Å²) < 4.78 is 0. The third-order valence-corrected chi connectivity index (χ3v) is 5.15. The van der Waals surface area contributed by atoms with Crippen LogP contribution >= 0.6 is 11.8 Å². The normalized spacial score (nSPS) is 10.9. The zero-order valence-electron chi connectivity index (χ0n) is 15.0. The summed E-state index contributed by atoms with van der Waals surface area (Å²) >= 11 is 1.43. The Morgan fingerprint density at radius 1 is 1.15 bits per heavy atom. The van der Waals surface area contributed by atoms with Crippen molar-refractivity contribution in [3.05, 3.63) is 74.3 Å². The summed E-state index contributed by atoms with van der Waals surface area (Å²) in [6.07, 6.45) is 1.65. The number of hydrazone groups is 1. The van der Waals surface area contributed by atoms with Gasteiger partial charge in [-0.25, -0.2) is 5.43 Å². The van der Waals surface area contributed by atoms with E-state index in [2.05, 4.69) is 24.4 Å². The second-order valence-electron chi connectivity index (χ2n) is 5.93. The van der Waals surface area contributed by atoms with Crippen LogP contribution in [0.4, 0.5) is 5.69 Å². The fraction of sp³-hybridized carbons (Fsp3) is 0.263. The average Bonchev–Trinajstić information content (AvgIpc) is 2.62. The van der Waals surface area contributed by atoms with Crippen LogP contribution in [0.3, 0.4) is 0 Å². The molecule has 0 aliphatic rings.